The molecule has 102 valence electrons. The predicted molar refractivity (Wildman–Crippen MR) is 83.2 cm³/mol. The lowest BCUT2D eigenvalue weighted by Gasteiger charge is -2.11. The second-order valence-electron chi connectivity index (χ2n) is 4.65. The molecule has 0 unspecified atom stereocenters. The molecule has 5 heteroatoms. The standard InChI is InChI=1S/C15H16N4S/c1-3-11-7-4-6-10(2)14(11)19-15(16)13(17-18-19)12-8-5-9-20-12/h4-9H,3,16H2,1-2H3. The van der Waals surface area contributed by atoms with Gasteiger partial charge in [-0.2, -0.15) is 4.68 Å². The van der Waals surface area contributed by atoms with Gasteiger partial charge in [-0.1, -0.05) is 36.4 Å². The zero-order valence-electron chi connectivity index (χ0n) is 11.5. The molecule has 0 bridgehead atoms. The fourth-order valence-electron chi connectivity index (χ4n) is 2.35. The largest absolute Gasteiger partial charge is 0.382 e. The molecule has 0 radical (unpaired) electrons. The fourth-order valence-corrected chi connectivity index (χ4v) is 3.07. The van der Waals surface area contributed by atoms with Crippen LogP contribution in [0.1, 0.15) is 18.1 Å². The molecule has 20 heavy (non-hydrogen) atoms. The van der Waals surface area contributed by atoms with Gasteiger partial charge in [0.2, 0.25) is 0 Å². The SMILES string of the molecule is CCc1cccc(C)c1-n1nnc(-c2cccs2)c1N. The Hall–Kier alpha value is -2.14. The lowest BCUT2D eigenvalue weighted by Crippen LogP contribution is -2.07. The van der Waals surface area contributed by atoms with Crippen LogP contribution in [0.15, 0.2) is 35.7 Å². The minimum atomic E-state index is 0.594. The van der Waals surface area contributed by atoms with Crippen LogP contribution in [-0.2, 0) is 6.42 Å². The number of aromatic nitrogens is 3. The fraction of sp³-hybridized carbons (Fsp3) is 0.200. The number of nitrogens with two attached hydrogens (primary N) is 1. The Balaban J connectivity index is 2.18. The Bertz CT molecular complexity index is 728. The van der Waals surface area contributed by atoms with Crippen LogP contribution in [-0.4, -0.2) is 15.0 Å². The molecular weight excluding hydrogens is 268 g/mol. The number of aryl methyl sites for hydroxylation is 2. The van der Waals surface area contributed by atoms with E-state index in [1.54, 1.807) is 16.0 Å². The molecule has 0 saturated heterocycles. The van der Waals surface area contributed by atoms with Crippen molar-refractivity contribution in [3.05, 3.63) is 46.8 Å². The monoisotopic (exact) mass is 284 g/mol. The molecule has 0 spiro atoms. The van der Waals surface area contributed by atoms with Crippen LogP contribution >= 0.6 is 11.3 Å². The van der Waals surface area contributed by atoms with Gasteiger partial charge in [-0.05, 0) is 35.9 Å². The lowest BCUT2D eigenvalue weighted by molar-refractivity contribution is 0.795. The zero-order valence-corrected chi connectivity index (χ0v) is 12.3. The van der Waals surface area contributed by atoms with E-state index in [0.717, 1.165) is 28.2 Å². The summed E-state index contributed by atoms with van der Waals surface area (Å²) in [6.07, 6.45) is 0.935. The smallest absolute Gasteiger partial charge is 0.156 e. The third-order valence-electron chi connectivity index (χ3n) is 3.37. The molecule has 3 aromatic rings. The molecule has 0 fully saturated rings. The molecular formula is C15H16N4S. The second-order valence-corrected chi connectivity index (χ2v) is 5.60. The van der Waals surface area contributed by atoms with Gasteiger partial charge < -0.3 is 5.73 Å². The topological polar surface area (TPSA) is 56.7 Å². The number of anilines is 1. The van der Waals surface area contributed by atoms with Crippen LogP contribution in [0, 0.1) is 6.92 Å². The molecule has 0 aliphatic rings. The van der Waals surface area contributed by atoms with Gasteiger partial charge in [0.25, 0.3) is 0 Å². The maximum Gasteiger partial charge on any atom is 0.156 e. The zero-order chi connectivity index (χ0) is 14.1. The van der Waals surface area contributed by atoms with E-state index in [2.05, 4.69) is 42.4 Å². The number of hydrogen-bond donors (Lipinski definition) is 1. The second kappa shape index (κ2) is 5.09. The van der Waals surface area contributed by atoms with Crippen molar-refractivity contribution >= 4 is 17.2 Å². The molecule has 2 aromatic heterocycles. The molecule has 0 aliphatic carbocycles. The van der Waals surface area contributed by atoms with Crippen LogP contribution in [0.5, 0.6) is 0 Å². The summed E-state index contributed by atoms with van der Waals surface area (Å²) in [5.74, 6) is 0.594. The van der Waals surface area contributed by atoms with Crippen molar-refractivity contribution in [2.45, 2.75) is 20.3 Å². The molecule has 0 saturated carbocycles. The van der Waals surface area contributed by atoms with Crippen LogP contribution in [0.2, 0.25) is 0 Å². The Morgan fingerprint density at radius 3 is 2.80 bits per heavy atom. The highest BCUT2D eigenvalue weighted by Crippen LogP contribution is 2.30. The van der Waals surface area contributed by atoms with E-state index < -0.39 is 0 Å². The normalized spacial score (nSPS) is 10.9. The number of benzene rings is 1. The van der Waals surface area contributed by atoms with E-state index in [1.807, 2.05) is 17.5 Å². The lowest BCUT2D eigenvalue weighted by atomic mass is 10.1. The predicted octanol–water partition coefficient (Wildman–Crippen LogP) is 3.45. The third-order valence-corrected chi connectivity index (χ3v) is 4.25. The Morgan fingerprint density at radius 2 is 2.10 bits per heavy atom. The molecule has 0 aliphatic heterocycles. The average Bonchev–Trinajstić information content (AvgIpc) is 3.08. The van der Waals surface area contributed by atoms with Gasteiger partial charge in [-0.3, -0.25) is 0 Å². The van der Waals surface area contributed by atoms with Crippen LogP contribution in [0.3, 0.4) is 0 Å². The molecule has 0 amide bonds. The highest BCUT2D eigenvalue weighted by molar-refractivity contribution is 7.13. The average molecular weight is 284 g/mol. The van der Waals surface area contributed by atoms with Crippen LogP contribution in [0.4, 0.5) is 5.82 Å². The van der Waals surface area contributed by atoms with Gasteiger partial charge in [-0.25, -0.2) is 0 Å². The Labute approximate surface area is 121 Å². The first-order valence-electron chi connectivity index (χ1n) is 6.56. The Morgan fingerprint density at radius 1 is 1.25 bits per heavy atom. The van der Waals surface area contributed by atoms with Gasteiger partial charge >= 0.3 is 0 Å². The van der Waals surface area contributed by atoms with E-state index in [-0.39, 0.29) is 0 Å². The van der Waals surface area contributed by atoms with E-state index >= 15 is 0 Å². The van der Waals surface area contributed by atoms with Crippen LogP contribution < -0.4 is 5.73 Å². The van der Waals surface area contributed by atoms with E-state index in [1.165, 1.54) is 5.56 Å². The minimum Gasteiger partial charge on any atom is -0.382 e. The highest BCUT2D eigenvalue weighted by atomic mass is 32.1. The number of nitrogens with zero attached hydrogens (tertiary/aromatic N) is 3. The van der Waals surface area contributed by atoms with Crippen molar-refractivity contribution in [2.75, 3.05) is 5.73 Å². The molecule has 3 rings (SSSR count). The van der Waals surface area contributed by atoms with Crippen molar-refractivity contribution in [2.24, 2.45) is 0 Å². The van der Waals surface area contributed by atoms with Gasteiger partial charge in [0.05, 0.1) is 10.6 Å². The number of para-hydroxylation sites is 1. The van der Waals surface area contributed by atoms with Crippen molar-refractivity contribution in [3.8, 4) is 16.3 Å². The quantitative estimate of drug-likeness (QED) is 0.801. The van der Waals surface area contributed by atoms with Crippen molar-refractivity contribution in [1.29, 1.82) is 0 Å². The first-order valence-corrected chi connectivity index (χ1v) is 7.44. The summed E-state index contributed by atoms with van der Waals surface area (Å²) in [5, 5.41) is 10.5. The number of thiophene rings is 1. The maximum absolute atomic E-state index is 6.26. The molecule has 1 aromatic carbocycles. The summed E-state index contributed by atoms with van der Waals surface area (Å²) in [5.41, 5.74) is 10.4. The van der Waals surface area contributed by atoms with E-state index in [9.17, 15) is 0 Å². The summed E-state index contributed by atoms with van der Waals surface area (Å²) in [4.78, 5) is 1.04. The summed E-state index contributed by atoms with van der Waals surface area (Å²) in [6, 6.07) is 10.2. The number of nitrogen functional groups attached to an aromatic ring is 1. The molecule has 2 heterocycles. The van der Waals surface area contributed by atoms with Gasteiger partial charge in [0.15, 0.2) is 5.82 Å². The maximum atomic E-state index is 6.26. The summed E-state index contributed by atoms with van der Waals surface area (Å²) >= 11 is 1.62. The molecule has 0 atom stereocenters. The number of rotatable bonds is 3. The van der Waals surface area contributed by atoms with E-state index in [0.29, 0.717) is 5.82 Å². The van der Waals surface area contributed by atoms with E-state index in [4.69, 9.17) is 5.73 Å². The van der Waals surface area contributed by atoms with Crippen LogP contribution in [0.25, 0.3) is 16.3 Å². The first kappa shape index (κ1) is 12.9. The van der Waals surface area contributed by atoms with Crippen molar-refractivity contribution in [1.82, 2.24) is 15.0 Å². The van der Waals surface area contributed by atoms with Gasteiger partial charge in [0.1, 0.15) is 5.69 Å². The highest BCUT2D eigenvalue weighted by Gasteiger charge is 2.16. The van der Waals surface area contributed by atoms with Gasteiger partial charge in [0, 0.05) is 0 Å². The van der Waals surface area contributed by atoms with Crippen molar-refractivity contribution in [3.63, 3.8) is 0 Å². The van der Waals surface area contributed by atoms with Gasteiger partial charge in [-0.15, -0.1) is 16.4 Å². The molecule has 2 N–H and O–H groups in total. The summed E-state index contributed by atoms with van der Waals surface area (Å²) in [6.45, 7) is 4.20. The Kier molecular flexibility index (Phi) is 3.28. The summed E-state index contributed by atoms with van der Waals surface area (Å²) in [7, 11) is 0. The first-order chi connectivity index (χ1) is 9.72. The van der Waals surface area contributed by atoms with Crippen molar-refractivity contribution < 1.29 is 0 Å². The summed E-state index contributed by atoms with van der Waals surface area (Å²) < 4.78 is 1.75. The minimum absolute atomic E-state index is 0.594. The third kappa shape index (κ3) is 2.00. The number of hydrogen-bond acceptors (Lipinski definition) is 4. The molecule has 4 nitrogen and oxygen atoms in total.